The van der Waals surface area contributed by atoms with E-state index in [0.717, 1.165) is 54.5 Å². The summed E-state index contributed by atoms with van der Waals surface area (Å²) in [7, 11) is 0. The fraction of sp³-hybridized carbons (Fsp3) is 0.556. The zero-order valence-corrected chi connectivity index (χ0v) is 15.4. The molecule has 3 heterocycles. The van der Waals surface area contributed by atoms with Crippen molar-refractivity contribution in [2.75, 3.05) is 6.54 Å². The number of H-pyrrole nitrogens is 1. The molecule has 2 aliphatic carbocycles. The molecule has 7 heteroatoms. The van der Waals surface area contributed by atoms with Crippen LogP contribution in [0.1, 0.15) is 42.8 Å². The summed E-state index contributed by atoms with van der Waals surface area (Å²) in [6, 6.07) is 0.414. The van der Waals surface area contributed by atoms with Gasteiger partial charge >= 0.3 is 0 Å². The van der Waals surface area contributed by atoms with Crippen molar-refractivity contribution in [2.45, 2.75) is 50.8 Å². The molecule has 3 atom stereocenters. The summed E-state index contributed by atoms with van der Waals surface area (Å²) < 4.78 is 6.86. The van der Waals surface area contributed by atoms with Crippen molar-refractivity contribution in [3.8, 4) is 0 Å². The minimum absolute atomic E-state index is 0.173. The van der Waals surface area contributed by atoms with Crippen LogP contribution in [0.15, 0.2) is 13.7 Å². The largest absolute Gasteiger partial charge is 0.453 e. The molecule has 0 aromatic carbocycles. The molecule has 2 fully saturated rings. The third-order valence-corrected chi connectivity index (χ3v) is 6.48. The van der Waals surface area contributed by atoms with Crippen LogP contribution in [0.2, 0.25) is 0 Å². The second-order valence-electron chi connectivity index (χ2n) is 7.38. The lowest BCUT2D eigenvalue weighted by atomic mass is 9.75. The molecule has 0 amide bonds. The number of fused-ring (bicyclic) bond motifs is 4. The van der Waals surface area contributed by atoms with Crippen molar-refractivity contribution in [1.82, 2.24) is 14.9 Å². The zero-order valence-electron chi connectivity index (χ0n) is 13.8. The van der Waals surface area contributed by atoms with E-state index in [0.29, 0.717) is 35.4 Å². The Labute approximate surface area is 153 Å². The van der Waals surface area contributed by atoms with E-state index in [4.69, 9.17) is 9.40 Å². The topological polar surface area (TPSA) is 82.4 Å². The van der Waals surface area contributed by atoms with Gasteiger partial charge in [0.15, 0.2) is 0 Å². The average molecular weight is 406 g/mol. The highest BCUT2D eigenvalue weighted by molar-refractivity contribution is 9.11. The Balaban J connectivity index is 1.47. The summed E-state index contributed by atoms with van der Waals surface area (Å²) in [4.78, 5) is 22.3. The fourth-order valence-corrected chi connectivity index (χ4v) is 4.95. The second kappa shape index (κ2) is 5.79. The number of rotatable bonds is 2. The maximum Gasteiger partial charge on any atom is 0.294 e. The number of hydrogen-bond acceptors (Lipinski definition) is 5. The van der Waals surface area contributed by atoms with Crippen molar-refractivity contribution in [2.24, 2.45) is 5.92 Å². The van der Waals surface area contributed by atoms with E-state index >= 15 is 0 Å². The van der Waals surface area contributed by atoms with Gasteiger partial charge in [-0.05, 0) is 36.2 Å². The fourth-order valence-electron chi connectivity index (χ4n) is 4.53. The van der Waals surface area contributed by atoms with Gasteiger partial charge in [0, 0.05) is 30.5 Å². The van der Waals surface area contributed by atoms with Crippen LogP contribution in [0.25, 0.3) is 17.2 Å². The number of allylic oxidation sites excluding steroid dienone is 1. The van der Waals surface area contributed by atoms with Gasteiger partial charge in [-0.25, -0.2) is 4.98 Å². The molecule has 1 saturated heterocycles. The number of aliphatic hydroxyl groups excluding tert-OH is 1. The summed E-state index contributed by atoms with van der Waals surface area (Å²) in [5.74, 6) is 1.90. The summed E-state index contributed by atoms with van der Waals surface area (Å²) in [5, 5.41) is 10.1. The molecular formula is C18H20BrN3O3. The minimum Gasteiger partial charge on any atom is -0.453 e. The summed E-state index contributed by atoms with van der Waals surface area (Å²) in [6.45, 7) is 1.49. The number of nitrogens with one attached hydrogen (secondary N) is 1. The van der Waals surface area contributed by atoms with E-state index in [-0.39, 0.29) is 11.7 Å². The van der Waals surface area contributed by atoms with Crippen LogP contribution in [0.5, 0.6) is 0 Å². The third kappa shape index (κ3) is 2.52. The molecule has 25 heavy (non-hydrogen) atoms. The Hall–Kier alpha value is -1.44. The molecule has 5 rings (SSSR count). The quantitative estimate of drug-likeness (QED) is 0.801. The van der Waals surface area contributed by atoms with Gasteiger partial charge in [-0.1, -0.05) is 15.9 Å². The lowest BCUT2D eigenvalue weighted by Gasteiger charge is -2.52. The first kappa shape index (κ1) is 15.8. The van der Waals surface area contributed by atoms with Crippen LogP contribution in [0.3, 0.4) is 0 Å². The van der Waals surface area contributed by atoms with Gasteiger partial charge in [0.05, 0.1) is 12.6 Å². The first-order chi connectivity index (χ1) is 12.1. The van der Waals surface area contributed by atoms with E-state index in [1.807, 2.05) is 6.08 Å². The van der Waals surface area contributed by atoms with Crippen molar-refractivity contribution >= 4 is 33.1 Å². The van der Waals surface area contributed by atoms with Gasteiger partial charge in [0.2, 0.25) is 5.58 Å². The van der Waals surface area contributed by atoms with Gasteiger partial charge < -0.3 is 14.5 Å². The Morgan fingerprint density at radius 2 is 2.28 bits per heavy atom. The van der Waals surface area contributed by atoms with E-state index in [9.17, 15) is 9.90 Å². The van der Waals surface area contributed by atoms with Crippen molar-refractivity contribution in [3.63, 3.8) is 0 Å². The predicted octanol–water partition coefficient (Wildman–Crippen LogP) is 2.54. The normalized spacial score (nSPS) is 29.0. The molecular weight excluding hydrogens is 386 g/mol. The lowest BCUT2D eigenvalue weighted by molar-refractivity contribution is -0.0927. The molecule has 2 aromatic rings. The van der Waals surface area contributed by atoms with Crippen LogP contribution in [-0.4, -0.2) is 38.7 Å². The van der Waals surface area contributed by atoms with E-state index in [1.165, 1.54) is 0 Å². The molecule has 132 valence electrons. The summed E-state index contributed by atoms with van der Waals surface area (Å²) in [5.41, 5.74) is 1.70. The molecule has 1 saturated carbocycles. The van der Waals surface area contributed by atoms with Gasteiger partial charge in [-0.15, -0.1) is 0 Å². The van der Waals surface area contributed by atoms with Crippen molar-refractivity contribution in [3.05, 3.63) is 32.0 Å². The highest BCUT2D eigenvalue weighted by Crippen LogP contribution is 2.38. The van der Waals surface area contributed by atoms with Gasteiger partial charge in [-0.3, -0.25) is 9.69 Å². The molecule has 3 unspecified atom stereocenters. The van der Waals surface area contributed by atoms with E-state index in [1.54, 1.807) is 0 Å². The number of halogens is 1. The standard InChI is InChI=1S/C18H20BrN3O3/c19-9-4-5-14-10(6-9)16-17(25-14)18(24)21-15(20-16)8-22-7-11-12(22)2-1-3-13(11)23/h6,11-13,23H,1-5,7-8H2,(H,20,21,24). The smallest absolute Gasteiger partial charge is 0.294 e. The van der Waals surface area contributed by atoms with Gasteiger partial charge in [0.25, 0.3) is 5.56 Å². The number of aryl methyl sites for hydroxylation is 1. The Morgan fingerprint density at radius 1 is 1.40 bits per heavy atom. The molecule has 3 aliphatic rings. The Bertz CT molecular complexity index is 932. The monoisotopic (exact) mass is 405 g/mol. The third-order valence-electron chi connectivity index (χ3n) is 5.85. The molecule has 0 radical (unpaired) electrons. The average Bonchev–Trinajstić information content (AvgIpc) is 2.93. The highest BCUT2D eigenvalue weighted by Gasteiger charge is 2.44. The van der Waals surface area contributed by atoms with Crippen LogP contribution in [0, 0.1) is 5.92 Å². The Kier molecular flexibility index (Phi) is 3.66. The number of aromatic amines is 1. The second-order valence-corrected chi connectivity index (χ2v) is 8.40. The number of nitrogens with zero attached hydrogens (tertiary/aromatic N) is 2. The lowest BCUT2D eigenvalue weighted by Crippen LogP contribution is -2.61. The van der Waals surface area contributed by atoms with Crippen molar-refractivity contribution in [1.29, 1.82) is 0 Å². The predicted molar refractivity (Wildman–Crippen MR) is 97.4 cm³/mol. The first-order valence-electron chi connectivity index (χ1n) is 8.93. The van der Waals surface area contributed by atoms with Gasteiger partial charge in [0.1, 0.15) is 17.1 Å². The van der Waals surface area contributed by atoms with Crippen LogP contribution < -0.4 is 5.56 Å². The molecule has 6 nitrogen and oxygen atoms in total. The SMILES string of the molecule is O=c1[nH]c(CN2CC3C(O)CCCC32)nc2c3c(oc12)CCC(Br)=C3. The molecule has 0 spiro atoms. The van der Waals surface area contributed by atoms with E-state index < -0.39 is 0 Å². The minimum atomic E-state index is -0.209. The highest BCUT2D eigenvalue weighted by atomic mass is 79.9. The van der Waals surface area contributed by atoms with Crippen molar-refractivity contribution < 1.29 is 9.52 Å². The Morgan fingerprint density at radius 3 is 3.16 bits per heavy atom. The van der Waals surface area contributed by atoms with E-state index in [2.05, 4.69) is 25.8 Å². The number of likely N-dealkylation sites (tertiary alicyclic amines) is 1. The summed E-state index contributed by atoms with van der Waals surface area (Å²) >= 11 is 3.54. The maximum atomic E-state index is 12.4. The number of aliphatic hydroxyl groups is 1. The number of hydrogen-bond donors (Lipinski definition) is 2. The maximum absolute atomic E-state index is 12.4. The number of furan rings is 1. The van der Waals surface area contributed by atoms with Gasteiger partial charge in [-0.2, -0.15) is 0 Å². The van der Waals surface area contributed by atoms with Crippen LogP contribution in [-0.2, 0) is 13.0 Å². The molecule has 2 aromatic heterocycles. The molecule has 2 N–H and O–H groups in total. The molecule has 0 bridgehead atoms. The zero-order chi connectivity index (χ0) is 17.1. The first-order valence-corrected chi connectivity index (χ1v) is 9.72. The van der Waals surface area contributed by atoms with Crippen LogP contribution in [0.4, 0.5) is 0 Å². The summed E-state index contributed by atoms with van der Waals surface area (Å²) in [6.07, 6.45) is 6.60. The molecule has 1 aliphatic heterocycles. The number of aromatic nitrogens is 2. The van der Waals surface area contributed by atoms with Crippen LogP contribution >= 0.6 is 15.9 Å².